The molecule has 0 saturated heterocycles. The molecule has 2 aromatic carbocycles. The highest BCUT2D eigenvalue weighted by Gasteiger charge is 2.03. The molecule has 0 bridgehead atoms. The molecule has 0 aliphatic carbocycles. The maximum absolute atomic E-state index is 11.5. The van der Waals surface area contributed by atoms with Crippen LogP contribution in [0.2, 0.25) is 0 Å². The van der Waals surface area contributed by atoms with Crippen LogP contribution in [0.15, 0.2) is 65.5 Å². The Balaban J connectivity index is 1.22. The molecule has 172 valence electrons. The van der Waals surface area contributed by atoms with Crippen molar-refractivity contribution < 1.29 is 14.2 Å². The van der Waals surface area contributed by atoms with Crippen LogP contribution >= 0.6 is 11.6 Å². The Kier molecular flexibility index (Phi) is 8.04. The zero-order valence-corrected chi connectivity index (χ0v) is 19.1. The second kappa shape index (κ2) is 11.6. The molecule has 0 atom stereocenters. The predicted molar refractivity (Wildman–Crippen MR) is 132 cm³/mol. The highest BCUT2D eigenvalue weighted by atomic mass is 35.5. The molecule has 7 heteroatoms. The molecular weight excluding hydrogens is 440 g/mol. The maximum Gasteiger partial charge on any atom is 0.248 e. The molecule has 0 amide bonds. The Hall–Kier alpha value is -3.25. The number of rotatable bonds is 12. The van der Waals surface area contributed by atoms with Crippen LogP contribution in [0.1, 0.15) is 25.7 Å². The number of nitrogens with one attached hydrogen (secondary N) is 1. The molecule has 2 heterocycles. The van der Waals surface area contributed by atoms with E-state index in [0.717, 1.165) is 59.0 Å². The van der Waals surface area contributed by atoms with Crippen LogP contribution in [0.25, 0.3) is 21.8 Å². The number of aromatic nitrogens is 2. The lowest BCUT2D eigenvalue weighted by Crippen LogP contribution is -2.04. The third-order valence-electron chi connectivity index (χ3n) is 5.19. The normalized spacial score (nSPS) is 11.1. The van der Waals surface area contributed by atoms with Gasteiger partial charge in [0.15, 0.2) is 0 Å². The smallest absolute Gasteiger partial charge is 0.248 e. The van der Waals surface area contributed by atoms with E-state index < -0.39 is 0 Å². The molecule has 0 spiro atoms. The molecule has 0 fully saturated rings. The average Bonchev–Trinajstić information content (AvgIpc) is 2.83. The summed E-state index contributed by atoms with van der Waals surface area (Å²) in [7, 11) is 0. The molecule has 0 aliphatic heterocycles. The summed E-state index contributed by atoms with van der Waals surface area (Å²) < 4.78 is 17.4. The SMILES string of the molecule is O=c1ccc2ccc(OCCCCOc3ccc4ccc(OCCCCCl)nc4c3)cc2[nH]1. The van der Waals surface area contributed by atoms with Gasteiger partial charge in [0.1, 0.15) is 11.5 Å². The second-order valence-electron chi connectivity index (χ2n) is 7.72. The van der Waals surface area contributed by atoms with Gasteiger partial charge in [0, 0.05) is 35.5 Å². The molecule has 2 aromatic heterocycles. The van der Waals surface area contributed by atoms with Crippen molar-refractivity contribution in [2.75, 3.05) is 25.7 Å². The molecule has 0 aliphatic rings. The van der Waals surface area contributed by atoms with Crippen molar-refractivity contribution in [3.63, 3.8) is 0 Å². The average molecular weight is 467 g/mol. The van der Waals surface area contributed by atoms with Gasteiger partial charge in [0.05, 0.1) is 30.9 Å². The van der Waals surface area contributed by atoms with Crippen molar-refractivity contribution in [3.8, 4) is 17.4 Å². The van der Waals surface area contributed by atoms with Crippen molar-refractivity contribution in [3.05, 3.63) is 71.0 Å². The van der Waals surface area contributed by atoms with Crippen LogP contribution in [-0.2, 0) is 0 Å². The van der Waals surface area contributed by atoms with Crippen LogP contribution in [0, 0.1) is 0 Å². The fraction of sp³-hybridized carbons (Fsp3) is 0.308. The number of ether oxygens (including phenoxy) is 3. The van der Waals surface area contributed by atoms with Crippen molar-refractivity contribution in [1.29, 1.82) is 0 Å². The van der Waals surface area contributed by atoms with Gasteiger partial charge in [0.2, 0.25) is 11.4 Å². The largest absolute Gasteiger partial charge is 0.494 e. The molecule has 0 saturated carbocycles. The summed E-state index contributed by atoms with van der Waals surface area (Å²) in [5, 5.41) is 2.02. The van der Waals surface area contributed by atoms with E-state index in [-0.39, 0.29) is 5.56 Å². The van der Waals surface area contributed by atoms with Gasteiger partial charge in [-0.05, 0) is 67.5 Å². The van der Waals surface area contributed by atoms with Crippen molar-refractivity contribution >= 4 is 33.4 Å². The van der Waals surface area contributed by atoms with Gasteiger partial charge in [-0.1, -0.05) is 0 Å². The molecule has 0 radical (unpaired) electrons. The summed E-state index contributed by atoms with van der Waals surface area (Å²) in [5.74, 6) is 2.79. The first-order valence-electron chi connectivity index (χ1n) is 11.2. The number of hydrogen-bond donors (Lipinski definition) is 1. The number of pyridine rings is 2. The minimum Gasteiger partial charge on any atom is -0.494 e. The van der Waals surface area contributed by atoms with Gasteiger partial charge < -0.3 is 19.2 Å². The fourth-order valence-corrected chi connectivity index (χ4v) is 3.61. The van der Waals surface area contributed by atoms with Gasteiger partial charge in [-0.25, -0.2) is 4.98 Å². The van der Waals surface area contributed by atoms with E-state index >= 15 is 0 Å². The van der Waals surface area contributed by atoms with Gasteiger partial charge in [-0.15, -0.1) is 11.6 Å². The fourth-order valence-electron chi connectivity index (χ4n) is 3.42. The standard InChI is InChI=1S/C26H27ClN2O4/c27-13-1-2-16-33-26-12-8-20-6-10-22(18-24(20)29-26)32-15-4-3-14-31-21-9-5-19-7-11-25(30)28-23(19)17-21/h5-12,17-18H,1-4,13-16H2,(H,28,30). The summed E-state index contributed by atoms with van der Waals surface area (Å²) in [6.07, 6.45) is 3.56. The number of H-pyrrole nitrogens is 1. The van der Waals surface area contributed by atoms with Crippen molar-refractivity contribution in [2.24, 2.45) is 0 Å². The lowest BCUT2D eigenvalue weighted by molar-refractivity contribution is 0.266. The highest BCUT2D eigenvalue weighted by molar-refractivity contribution is 6.17. The monoisotopic (exact) mass is 466 g/mol. The first-order chi connectivity index (χ1) is 16.2. The Morgan fingerprint density at radius 3 is 2.15 bits per heavy atom. The third kappa shape index (κ3) is 6.62. The van der Waals surface area contributed by atoms with Crippen LogP contribution < -0.4 is 19.8 Å². The second-order valence-corrected chi connectivity index (χ2v) is 8.10. The number of aromatic amines is 1. The van der Waals surface area contributed by atoms with E-state index in [1.54, 1.807) is 6.07 Å². The summed E-state index contributed by atoms with van der Waals surface area (Å²) in [5.41, 5.74) is 1.50. The van der Waals surface area contributed by atoms with Gasteiger partial charge in [0.25, 0.3) is 0 Å². The number of benzene rings is 2. The third-order valence-corrected chi connectivity index (χ3v) is 5.46. The first-order valence-corrected chi connectivity index (χ1v) is 11.7. The van der Waals surface area contributed by atoms with E-state index in [2.05, 4.69) is 9.97 Å². The minimum absolute atomic E-state index is 0.119. The lowest BCUT2D eigenvalue weighted by Gasteiger charge is -2.10. The quantitative estimate of drug-likeness (QED) is 0.214. The molecule has 33 heavy (non-hydrogen) atoms. The summed E-state index contributed by atoms with van der Waals surface area (Å²) in [6, 6.07) is 18.8. The summed E-state index contributed by atoms with van der Waals surface area (Å²) in [6.45, 7) is 1.78. The Labute approximate surface area is 197 Å². The Bertz CT molecular complexity index is 1260. The molecule has 0 unspecified atom stereocenters. The number of halogens is 1. The topological polar surface area (TPSA) is 73.4 Å². The molecular formula is C26H27ClN2O4. The number of alkyl halides is 1. The van der Waals surface area contributed by atoms with Gasteiger partial charge >= 0.3 is 0 Å². The van der Waals surface area contributed by atoms with E-state index in [1.807, 2.05) is 48.5 Å². The van der Waals surface area contributed by atoms with Gasteiger partial charge in [-0.2, -0.15) is 0 Å². The van der Waals surface area contributed by atoms with E-state index in [4.69, 9.17) is 25.8 Å². The van der Waals surface area contributed by atoms with Crippen LogP contribution in [0.3, 0.4) is 0 Å². The van der Waals surface area contributed by atoms with Gasteiger partial charge in [-0.3, -0.25) is 4.79 Å². The first kappa shape index (κ1) is 22.9. The minimum atomic E-state index is -0.119. The lowest BCUT2D eigenvalue weighted by atomic mass is 10.2. The summed E-state index contributed by atoms with van der Waals surface area (Å²) in [4.78, 5) is 18.9. The number of unbranched alkanes of at least 4 members (excludes halogenated alkanes) is 2. The Morgan fingerprint density at radius 1 is 0.727 bits per heavy atom. The highest BCUT2D eigenvalue weighted by Crippen LogP contribution is 2.22. The Morgan fingerprint density at radius 2 is 1.36 bits per heavy atom. The summed E-state index contributed by atoms with van der Waals surface area (Å²) >= 11 is 5.70. The molecule has 6 nitrogen and oxygen atoms in total. The molecule has 4 aromatic rings. The number of hydrogen-bond acceptors (Lipinski definition) is 5. The number of fused-ring (bicyclic) bond motifs is 2. The van der Waals surface area contributed by atoms with Crippen molar-refractivity contribution in [2.45, 2.75) is 25.7 Å². The van der Waals surface area contributed by atoms with Crippen LogP contribution in [-0.4, -0.2) is 35.7 Å². The zero-order valence-electron chi connectivity index (χ0n) is 18.4. The van der Waals surface area contributed by atoms with E-state index in [1.165, 1.54) is 6.07 Å². The van der Waals surface area contributed by atoms with Crippen LogP contribution in [0.4, 0.5) is 0 Å². The van der Waals surface area contributed by atoms with E-state index in [0.29, 0.717) is 31.6 Å². The van der Waals surface area contributed by atoms with Crippen molar-refractivity contribution in [1.82, 2.24) is 9.97 Å². The predicted octanol–water partition coefficient (Wildman–Crippen LogP) is 5.71. The zero-order chi connectivity index (χ0) is 22.9. The maximum atomic E-state index is 11.5. The molecule has 4 rings (SSSR count). The number of nitrogens with zero attached hydrogens (tertiary/aromatic N) is 1. The van der Waals surface area contributed by atoms with Crippen LogP contribution in [0.5, 0.6) is 17.4 Å². The van der Waals surface area contributed by atoms with E-state index in [9.17, 15) is 4.79 Å². The molecule has 1 N–H and O–H groups in total.